The van der Waals surface area contributed by atoms with Crippen LogP contribution in [-0.2, 0) is 13.9 Å². The molecule has 0 atom stereocenters. The van der Waals surface area contributed by atoms with Gasteiger partial charge in [-0.15, -0.1) is 0 Å². The van der Waals surface area contributed by atoms with Crippen LogP contribution in [0.5, 0.6) is 0 Å². The second kappa shape index (κ2) is 3.79. The van der Waals surface area contributed by atoms with Crippen LogP contribution in [0.25, 0.3) is 0 Å². The molecule has 14 heavy (non-hydrogen) atoms. The Morgan fingerprint density at radius 1 is 1.07 bits per heavy atom. The van der Waals surface area contributed by atoms with Crippen molar-refractivity contribution in [2.45, 2.75) is 4.32 Å². The summed E-state index contributed by atoms with van der Waals surface area (Å²) in [4.78, 5) is 21.7. The second-order valence-corrected chi connectivity index (χ2v) is 3.82. The van der Waals surface area contributed by atoms with Crippen molar-refractivity contribution in [1.29, 1.82) is 0 Å². The summed E-state index contributed by atoms with van der Waals surface area (Å²) in [5, 5.41) is 17.7. The molecular weight excluding hydrogens is 252 g/mol. The summed E-state index contributed by atoms with van der Waals surface area (Å²) in [6.45, 7) is 0. The maximum absolute atomic E-state index is 10.8. The summed E-state index contributed by atoms with van der Waals surface area (Å²) < 4.78 is -2.06. The molecule has 0 aliphatic carbocycles. The van der Waals surface area contributed by atoms with Gasteiger partial charge in [0.2, 0.25) is 4.32 Å². The van der Waals surface area contributed by atoms with Crippen LogP contribution in [0.15, 0.2) is 30.3 Å². The highest BCUT2D eigenvalue weighted by atomic mass is 79.9. The van der Waals surface area contributed by atoms with Crippen LogP contribution in [-0.4, -0.2) is 22.2 Å². The number of aliphatic carboxylic acids is 2. The number of carboxylic acids is 2. The van der Waals surface area contributed by atoms with E-state index in [-0.39, 0.29) is 5.56 Å². The number of hydrogen-bond acceptors (Lipinski definition) is 2. The maximum atomic E-state index is 10.8. The predicted octanol–water partition coefficient (Wildman–Crippen LogP) is 1.45. The van der Waals surface area contributed by atoms with Crippen LogP contribution in [0.1, 0.15) is 5.56 Å². The SMILES string of the molecule is O=C(O)C(Br)(C(=O)O)c1ccccc1. The Hall–Kier alpha value is -1.36. The van der Waals surface area contributed by atoms with E-state index in [1.165, 1.54) is 12.1 Å². The van der Waals surface area contributed by atoms with Gasteiger partial charge >= 0.3 is 11.9 Å². The zero-order chi connectivity index (χ0) is 10.8. The molecule has 5 heteroatoms. The van der Waals surface area contributed by atoms with E-state index in [2.05, 4.69) is 15.9 Å². The third kappa shape index (κ3) is 1.63. The molecule has 0 unspecified atom stereocenters. The van der Waals surface area contributed by atoms with Crippen molar-refractivity contribution in [2.75, 3.05) is 0 Å². The van der Waals surface area contributed by atoms with Crippen molar-refractivity contribution in [3.63, 3.8) is 0 Å². The van der Waals surface area contributed by atoms with Crippen molar-refractivity contribution in [1.82, 2.24) is 0 Å². The first-order valence-corrected chi connectivity index (χ1v) is 4.50. The molecule has 0 aliphatic rings. The molecule has 2 N–H and O–H groups in total. The lowest BCUT2D eigenvalue weighted by Crippen LogP contribution is -2.37. The molecule has 1 rings (SSSR count). The molecule has 0 bridgehead atoms. The highest BCUT2D eigenvalue weighted by molar-refractivity contribution is 9.10. The average molecular weight is 259 g/mol. The number of alkyl halides is 1. The summed E-state index contributed by atoms with van der Waals surface area (Å²) in [5.74, 6) is -2.90. The fourth-order valence-corrected chi connectivity index (χ4v) is 1.27. The van der Waals surface area contributed by atoms with Crippen LogP contribution < -0.4 is 0 Å². The van der Waals surface area contributed by atoms with Gasteiger partial charge in [0.05, 0.1) is 0 Å². The molecule has 1 aromatic rings. The highest BCUT2D eigenvalue weighted by Gasteiger charge is 2.45. The minimum atomic E-state index is -2.06. The maximum Gasteiger partial charge on any atom is 0.336 e. The van der Waals surface area contributed by atoms with Gasteiger partial charge in [-0.25, -0.2) is 9.59 Å². The largest absolute Gasteiger partial charge is 0.480 e. The van der Waals surface area contributed by atoms with Crippen LogP contribution >= 0.6 is 15.9 Å². The Kier molecular flexibility index (Phi) is 2.90. The smallest absolute Gasteiger partial charge is 0.336 e. The summed E-state index contributed by atoms with van der Waals surface area (Å²) >= 11 is 2.72. The molecule has 0 heterocycles. The van der Waals surface area contributed by atoms with E-state index in [1.807, 2.05) is 0 Å². The minimum absolute atomic E-state index is 0.181. The van der Waals surface area contributed by atoms with E-state index in [9.17, 15) is 9.59 Å². The quantitative estimate of drug-likeness (QED) is 0.636. The normalized spacial score (nSPS) is 10.9. The van der Waals surface area contributed by atoms with E-state index in [0.29, 0.717) is 0 Å². The number of benzene rings is 1. The first kappa shape index (κ1) is 10.7. The number of hydrogen-bond donors (Lipinski definition) is 2. The molecule has 0 fully saturated rings. The number of rotatable bonds is 3. The van der Waals surface area contributed by atoms with Gasteiger partial charge in [-0.2, -0.15) is 0 Å². The van der Waals surface area contributed by atoms with Gasteiger partial charge in [0.1, 0.15) is 0 Å². The van der Waals surface area contributed by atoms with E-state index >= 15 is 0 Å². The molecule has 0 radical (unpaired) electrons. The van der Waals surface area contributed by atoms with Crippen molar-refractivity contribution in [3.05, 3.63) is 35.9 Å². The monoisotopic (exact) mass is 258 g/mol. The topological polar surface area (TPSA) is 74.6 Å². The fraction of sp³-hybridized carbons (Fsp3) is 0.111. The number of carboxylic acid groups (broad SMARTS) is 2. The Morgan fingerprint density at radius 2 is 1.50 bits per heavy atom. The van der Waals surface area contributed by atoms with Crippen molar-refractivity contribution < 1.29 is 19.8 Å². The molecule has 0 saturated heterocycles. The molecule has 0 spiro atoms. The van der Waals surface area contributed by atoms with Crippen LogP contribution in [0.3, 0.4) is 0 Å². The van der Waals surface area contributed by atoms with Gasteiger partial charge in [-0.05, 0) is 5.56 Å². The zero-order valence-electron chi connectivity index (χ0n) is 6.98. The predicted molar refractivity (Wildman–Crippen MR) is 52.3 cm³/mol. The minimum Gasteiger partial charge on any atom is -0.480 e. The summed E-state index contributed by atoms with van der Waals surface area (Å²) in [7, 11) is 0. The first-order valence-electron chi connectivity index (χ1n) is 3.71. The second-order valence-electron chi connectivity index (χ2n) is 2.63. The number of halogens is 1. The van der Waals surface area contributed by atoms with E-state index in [0.717, 1.165) is 0 Å². The Bertz CT molecular complexity index is 346. The van der Waals surface area contributed by atoms with Gasteiger partial charge in [-0.3, -0.25) is 0 Å². The first-order chi connectivity index (χ1) is 6.49. The third-order valence-electron chi connectivity index (χ3n) is 1.76. The van der Waals surface area contributed by atoms with Crippen molar-refractivity contribution >= 4 is 27.9 Å². The van der Waals surface area contributed by atoms with Crippen LogP contribution in [0, 0.1) is 0 Å². The van der Waals surface area contributed by atoms with Gasteiger partial charge in [0.15, 0.2) is 0 Å². The molecular formula is C9H7BrO4. The van der Waals surface area contributed by atoms with E-state index in [4.69, 9.17) is 10.2 Å². The lowest BCUT2D eigenvalue weighted by Gasteiger charge is -2.17. The lowest BCUT2D eigenvalue weighted by atomic mass is 9.99. The average Bonchev–Trinajstić information content (AvgIpc) is 2.17. The molecule has 74 valence electrons. The Balaban J connectivity index is 3.27. The molecule has 0 amide bonds. The summed E-state index contributed by atoms with van der Waals surface area (Å²) in [6, 6.07) is 7.73. The highest BCUT2D eigenvalue weighted by Crippen LogP contribution is 2.31. The van der Waals surface area contributed by atoms with E-state index < -0.39 is 16.3 Å². The van der Waals surface area contributed by atoms with Gasteiger partial charge in [0, 0.05) is 0 Å². The van der Waals surface area contributed by atoms with Gasteiger partial charge in [-0.1, -0.05) is 46.3 Å². The number of carbonyl (C=O) groups is 2. The summed E-state index contributed by atoms with van der Waals surface area (Å²) in [6.07, 6.45) is 0. The van der Waals surface area contributed by atoms with Crippen LogP contribution in [0.4, 0.5) is 0 Å². The Morgan fingerprint density at radius 3 is 1.86 bits per heavy atom. The lowest BCUT2D eigenvalue weighted by molar-refractivity contribution is -0.151. The van der Waals surface area contributed by atoms with Crippen molar-refractivity contribution in [3.8, 4) is 0 Å². The van der Waals surface area contributed by atoms with Gasteiger partial charge < -0.3 is 10.2 Å². The summed E-state index contributed by atoms with van der Waals surface area (Å²) in [5.41, 5.74) is 0.181. The fourth-order valence-electron chi connectivity index (χ4n) is 1.01. The molecule has 0 aromatic heterocycles. The zero-order valence-corrected chi connectivity index (χ0v) is 8.56. The Labute approximate surface area is 88.3 Å². The molecule has 4 nitrogen and oxygen atoms in total. The van der Waals surface area contributed by atoms with E-state index in [1.54, 1.807) is 18.2 Å². The molecule has 0 aliphatic heterocycles. The molecule has 1 aromatic carbocycles. The molecule has 0 saturated carbocycles. The van der Waals surface area contributed by atoms with Crippen molar-refractivity contribution in [2.24, 2.45) is 0 Å². The van der Waals surface area contributed by atoms with Crippen LogP contribution in [0.2, 0.25) is 0 Å². The third-order valence-corrected chi connectivity index (χ3v) is 2.90. The van der Waals surface area contributed by atoms with Gasteiger partial charge in [0.25, 0.3) is 0 Å². The standard InChI is InChI=1S/C9H7BrO4/c10-9(7(11)12,8(13)14)6-4-2-1-3-5-6/h1-5H,(H,11,12)(H,13,14).